The highest BCUT2D eigenvalue weighted by Gasteiger charge is 2.42. The zero-order chi connectivity index (χ0) is 16.9. The number of ether oxygens (including phenoxy) is 2. The van der Waals surface area contributed by atoms with Crippen LogP contribution in [0, 0.1) is 17.2 Å². The Morgan fingerprint density at radius 3 is 2.91 bits per heavy atom. The second kappa shape index (κ2) is 7.47. The van der Waals surface area contributed by atoms with E-state index in [1.54, 1.807) is 25.3 Å². The van der Waals surface area contributed by atoms with Crippen LogP contribution in [-0.4, -0.2) is 25.2 Å². The molecule has 1 aromatic rings. The summed E-state index contributed by atoms with van der Waals surface area (Å²) in [6, 6.07) is 7.21. The van der Waals surface area contributed by atoms with Gasteiger partial charge in [0.25, 0.3) is 5.91 Å². The van der Waals surface area contributed by atoms with Gasteiger partial charge in [-0.15, -0.1) is 0 Å². The largest absolute Gasteiger partial charge is 0.494 e. The van der Waals surface area contributed by atoms with Gasteiger partial charge in [0, 0.05) is 7.11 Å². The number of amides is 1. The molecule has 2 rings (SSSR count). The van der Waals surface area contributed by atoms with Gasteiger partial charge in [0.2, 0.25) is 0 Å². The summed E-state index contributed by atoms with van der Waals surface area (Å²) in [5.74, 6) is 0.896. The van der Waals surface area contributed by atoms with Crippen LogP contribution in [-0.2, 0) is 9.53 Å². The molecule has 1 aliphatic carbocycles. The maximum Gasteiger partial charge on any atom is 0.256 e. The molecule has 5 heteroatoms. The van der Waals surface area contributed by atoms with Crippen LogP contribution >= 0.6 is 0 Å². The van der Waals surface area contributed by atoms with Crippen LogP contribution in [0.5, 0.6) is 5.75 Å². The molecule has 0 saturated heterocycles. The van der Waals surface area contributed by atoms with Crippen LogP contribution in [0.25, 0.3) is 0 Å². The number of nitriles is 1. The fourth-order valence-electron chi connectivity index (χ4n) is 3.20. The highest BCUT2D eigenvalue weighted by atomic mass is 16.5. The number of carbonyl (C=O) groups is 1. The summed E-state index contributed by atoms with van der Waals surface area (Å²) < 4.78 is 11.0. The Labute approximate surface area is 137 Å². The second-order valence-corrected chi connectivity index (χ2v) is 6.11. The molecule has 1 amide bonds. The van der Waals surface area contributed by atoms with Crippen molar-refractivity contribution in [3.63, 3.8) is 0 Å². The lowest BCUT2D eigenvalue weighted by atomic mass is 9.78. The molecule has 0 bridgehead atoms. The molecule has 1 aliphatic rings. The minimum atomic E-state index is -0.803. The minimum Gasteiger partial charge on any atom is -0.494 e. The van der Waals surface area contributed by atoms with Gasteiger partial charge >= 0.3 is 0 Å². The van der Waals surface area contributed by atoms with Crippen LogP contribution in [0.15, 0.2) is 18.2 Å². The standard InChI is InChI=1S/C18H24N2O3/c1-4-23-15-7-8-16(14(10-15)12-19)20-17(21)18(22-3)9-5-6-13(2)11-18/h7-8,10,13H,4-6,9,11H2,1-3H3,(H,20,21)/t13-,18-/m1/s1. The van der Waals surface area contributed by atoms with Gasteiger partial charge in [-0.2, -0.15) is 5.26 Å². The van der Waals surface area contributed by atoms with Crippen molar-refractivity contribution in [1.29, 1.82) is 5.26 Å². The monoisotopic (exact) mass is 316 g/mol. The van der Waals surface area contributed by atoms with Gasteiger partial charge in [0.1, 0.15) is 17.4 Å². The molecule has 0 unspecified atom stereocenters. The van der Waals surface area contributed by atoms with Gasteiger partial charge in [-0.25, -0.2) is 0 Å². The molecule has 0 radical (unpaired) electrons. The van der Waals surface area contributed by atoms with Gasteiger partial charge in [-0.3, -0.25) is 4.79 Å². The van der Waals surface area contributed by atoms with E-state index < -0.39 is 5.60 Å². The number of benzene rings is 1. The van der Waals surface area contributed by atoms with Crippen LogP contribution in [0.4, 0.5) is 5.69 Å². The molecule has 0 aliphatic heterocycles. The molecule has 1 saturated carbocycles. The highest BCUT2D eigenvalue weighted by molar-refractivity contribution is 5.98. The van der Waals surface area contributed by atoms with E-state index >= 15 is 0 Å². The predicted octanol–water partition coefficient (Wildman–Crippen LogP) is 3.49. The second-order valence-electron chi connectivity index (χ2n) is 6.11. The summed E-state index contributed by atoms with van der Waals surface area (Å²) >= 11 is 0. The highest BCUT2D eigenvalue weighted by Crippen LogP contribution is 2.36. The Hall–Kier alpha value is -2.06. The smallest absolute Gasteiger partial charge is 0.256 e. The predicted molar refractivity (Wildman–Crippen MR) is 88.3 cm³/mol. The molecule has 1 N–H and O–H groups in total. The first kappa shape index (κ1) is 17.3. The van der Waals surface area contributed by atoms with Gasteiger partial charge in [-0.1, -0.05) is 13.3 Å². The number of hydrogen-bond donors (Lipinski definition) is 1. The van der Waals surface area contributed by atoms with Crippen LogP contribution in [0.1, 0.15) is 45.1 Å². The molecule has 0 heterocycles. The van der Waals surface area contributed by atoms with E-state index in [-0.39, 0.29) is 5.91 Å². The normalized spacial score (nSPS) is 23.8. The fraction of sp³-hybridized carbons (Fsp3) is 0.556. The molecule has 124 valence electrons. The van der Waals surface area contributed by atoms with Crippen molar-refractivity contribution in [2.75, 3.05) is 19.0 Å². The van der Waals surface area contributed by atoms with Gasteiger partial charge in [-0.05, 0) is 50.3 Å². The Bertz CT molecular complexity index is 609. The first-order valence-electron chi connectivity index (χ1n) is 8.08. The Morgan fingerprint density at radius 1 is 1.52 bits per heavy atom. The third-order valence-corrected chi connectivity index (χ3v) is 4.43. The summed E-state index contributed by atoms with van der Waals surface area (Å²) in [5.41, 5.74) is 0.0817. The number of anilines is 1. The third-order valence-electron chi connectivity index (χ3n) is 4.43. The van der Waals surface area contributed by atoms with E-state index in [1.165, 1.54) is 0 Å². The summed E-state index contributed by atoms with van der Waals surface area (Å²) in [4.78, 5) is 12.8. The zero-order valence-electron chi connectivity index (χ0n) is 14.0. The molecule has 23 heavy (non-hydrogen) atoms. The Morgan fingerprint density at radius 2 is 2.30 bits per heavy atom. The number of nitrogens with one attached hydrogen (secondary N) is 1. The van der Waals surface area contributed by atoms with E-state index in [9.17, 15) is 10.1 Å². The van der Waals surface area contributed by atoms with Crippen molar-refractivity contribution >= 4 is 11.6 Å². The maximum absolute atomic E-state index is 12.8. The van der Waals surface area contributed by atoms with E-state index in [4.69, 9.17) is 9.47 Å². The molecular weight excluding hydrogens is 292 g/mol. The van der Waals surface area contributed by atoms with Crippen molar-refractivity contribution < 1.29 is 14.3 Å². The average molecular weight is 316 g/mol. The SMILES string of the molecule is CCOc1ccc(NC(=O)[C@@]2(OC)CCC[C@@H](C)C2)c(C#N)c1. The molecular formula is C18H24N2O3. The molecule has 1 aromatic carbocycles. The van der Waals surface area contributed by atoms with E-state index in [2.05, 4.69) is 18.3 Å². The van der Waals surface area contributed by atoms with Crippen molar-refractivity contribution in [2.45, 2.75) is 45.1 Å². The lowest BCUT2D eigenvalue weighted by Gasteiger charge is -2.37. The molecule has 0 spiro atoms. The number of rotatable bonds is 5. The number of carbonyl (C=O) groups excluding carboxylic acids is 1. The summed E-state index contributed by atoms with van der Waals surface area (Å²) in [6.07, 6.45) is 3.49. The Kier molecular flexibility index (Phi) is 5.62. The summed E-state index contributed by atoms with van der Waals surface area (Å²) in [6.45, 7) is 4.55. The topological polar surface area (TPSA) is 71.3 Å². The van der Waals surface area contributed by atoms with Gasteiger partial charge < -0.3 is 14.8 Å². The summed E-state index contributed by atoms with van der Waals surface area (Å²) in [5, 5.41) is 12.2. The molecule has 1 fully saturated rings. The van der Waals surface area contributed by atoms with Gasteiger partial charge in [0.05, 0.1) is 17.9 Å². The quantitative estimate of drug-likeness (QED) is 0.902. The van der Waals surface area contributed by atoms with Gasteiger partial charge in [0.15, 0.2) is 0 Å². The first-order chi connectivity index (χ1) is 11.0. The van der Waals surface area contributed by atoms with Crippen molar-refractivity contribution in [2.24, 2.45) is 5.92 Å². The Balaban J connectivity index is 2.20. The molecule has 0 aromatic heterocycles. The maximum atomic E-state index is 12.8. The third kappa shape index (κ3) is 3.83. The van der Waals surface area contributed by atoms with Crippen molar-refractivity contribution in [1.82, 2.24) is 0 Å². The zero-order valence-corrected chi connectivity index (χ0v) is 14.0. The molecule has 5 nitrogen and oxygen atoms in total. The lowest BCUT2D eigenvalue weighted by Crippen LogP contribution is -2.48. The fourth-order valence-corrected chi connectivity index (χ4v) is 3.20. The van der Waals surface area contributed by atoms with Crippen LogP contribution in [0.3, 0.4) is 0 Å². The molecule has 2 atom stereocenters. The number of hydrogen-bond acceptors (Lipinski definition) is 4. The minimum absolute atomic E-state index is 0.174. The van der Waals surface area contributed by atoms with Crippen molar-refractivity contribution in [3.8, 4) is 11.8 Å². The van der Waals surface area contributed by atoms with Crippen LogP contribution < -0.4 is 10.1 Å². The summed E-state index contributed by atoms with van der Waals surface area (Å²) in [7, 11) is 1.58. The van der Waals surface area contributed by atoms with E-state index in [1.807, 2.05) is 6.92 Å². The van der Waals surface area contributed by atoms with Crippen molar-refractivity contribution in [3.05, 3.63) is 23.8 Å². The van der Waals surface area contributed by atoms with Crippen LogP contribution in [0.2, 0.25) is 0 Å². The first-order valence-corrected chi connectivity index (χ1v) is 8.08. The number of methoxy groups -OCH3 is 1. The number of nitrogens with zero attached hydrogens (tertiary/aromatic N) is 1. The average Bonchev–Trinajstić information content (AvgIpc) is 2.56. The van der Waals surface area contributed by atoms with E-state index in [0.717, 1.165) is 12.8 Å². The lowest BCUT2D eigenvalue weighted by molar-refractivity contribution is -0.143. The van der Waals surface area contributed by atoms with E-state index in [0.29, 0.717) is 42.4 Å².